The maximum atomic E-state index is 15.1. The summed E-state index contributed by atoms with van der Waals surface area (Å²) in [5.41, 5.74) is -0.0397. The van der Waals surface area contributed by atoms with Crippen LogP contribution in [0, 0.1) is 17.6 Å². The lowest BCUT2D eigenvalue weighted by atomic mass is 9.78. The van der Waals surface area contributed by atoms with Gasteiger partial charge in [0, 0.05) is 10.9 Å². The molecule has 0 aliphatic heterocycles. The van der Waals surface area contributed by atoms with Crippen LogP contribution in [0.3, 0.4) is 0 Å². The highest BCUT2D eigenvalue weighted by molar-refractivity contribution is 5.89. The van der Waals surface area contributed by atoms with E-state index in [-0.39, 0.29) is 11.1 Å². The normalized spacial score (nSPS) is 19.8. The number of alkyl halides is 3. The molecule has 1 aliphatic rings. The van der Waals surface area contributed by atoms with Crippen LogP contribution in [0.1, 0.15) is 42.7 Å². The summed E-state index contributed by atoms with van der Waals surface area (Å²) in [7, 11) is 0. The maximum absolute atomic E-state index is 15.1. The Balaban J connectivity index is 1.67. The fourth-order valence-corrected chi connectivity index (χ4v) is 4.39. The first kappa shape index (κ1) is 20.6. The highest BCUT2D eigenvalue weighted by atomic mass is 19.4. The second-order valence-electron chi connectivity index (χ2n) is 7.95. The van der Waals surface area contributed by atoms with Gasteiger partial charge in [0.1, 0.15) is 11.6 Å². The average Bonchev–Trinajstić information content (AvgIpc) is 2.73. The number of benzene rings is 3. The molecule has 1 aliphatic carbocycles. The van der Waals surface area contributed by atoms with Crippen molar-refractivity contribution in [3.8, 4) is 11.1 Å². The van der Waals surface area contributed by atoms with Crippen LogP contribution in [0.5, 0.6) is 0 Å². The van der Waals surface area contributed by atoms with Crippen LogP contribution in [0.2, 0.25) is 0 Å². The fraction of sp³-hybridized carbons (Fsp3) is 0.280. The Morgan fingerprint density at radius 2 is 1.60 bits per heavy atom. The van der Waals surface area contributed by atoms with E-state index in [2.05, 4.69) is 6.58 Å². The molecule has 1 fully saturated rings. The van der Waals surface area contributed by atoms with Crippen molar-refractivity contribution in [2.45, 2.75) is 37.8 Å². The van der Waals surface area contributed by atoms with E-state index in [1.807, 2.05) is 18.2 Å². The van der Waals surface area contributed by atoms with E-state index >= 15 is 4.39 Å². The smallest absolute Gasteiger partial charge is 0.206 e. The lowest BCUT2D eigenvalue weighted by Gasteiger charge is -2.27. The van der Waals surface area contributed by atoms with Gasteiger partial charge < -0.3 is 0 Å². The lowest BCUT2D eigenvalue weighted by Crippen LogP contribution is -2.11. The van der Waals surface area contributed by atoms with E-state index in [0.29, 0.717) is 23.3 Å². The van der Waals surface area contributed by atoms with Crippen molar-refractivity contribution in [3.63, 3.8) is 0 Å². The van der Waals surface area contributed by atoms with Crippen molar-refractivity contribution >= 4 is 10.8 Å². The van der Waals surface area contributed by atoms with E-state index in [0.717, 1.165) is 48.8 Å². The van der Waals surface area contributed by atoms with Crippen molar-refractivity contribution in [2.75, 3.05) is 0 Å². The number of allylic oxidation sites excluding steroid dienone is 1. The van der Waals surface area contributed by atoms with Crippen molar-refractivity contribution in [3.05, 3.63) is 83.9 Å². The van der Waals surface area contributed by atoms with E-state index in [1.165, 1.54) is 6.07 Å². The number of rotatable bonds is 3. The minimum Gasteiger partial charge on any atom is -0.206 e. The molecule has 30 heavy (non-hydrogen) atoms. The Bertz CT molecular complexity index is 1090. The minimum absolute atomic E-state index is 0.0757. The molecule has 0 heterocycles. The molecule has 0 spiro atoms. The first-order valence-electron chi connectivity index (χ1n) is 9.99. The van der Waals surface area contributed by atoms with E-state index in [9.17, 15) is 17.6 Å². The third-order valence-electron chi connectivity index (χ3n) is 6.14. The Labute approximate surface area is 172 Å². The molecule has 0 bridgehead atoms. The molecule has 0 aromatic heterocycles. The number of halogens is 5. The van der Waals surface area contributed by atoms with Crippen molar-refractivity contribution < 1.29 is 22.0 Å². The number of hydrogen-bond donors (Lipinski definition) is 0. The van der Waals surface area contributed by atoms with Crippen LogP contribution >= 0.6 is 0 Å². The van der Waals surface area contributed by atoms with Gasteiger partial charge in [-0.05, 0) is 66.2 Å². The van der Waals surface area contributed by atoms with Crippen molar-refractivity contribution in [1.82, 2.24) is 0 Å². The second-order valence-corrected chi connectivity index (χ2v) is 7.95. The van der Waals surface area contributed by atoms with Crippen LogP contribution in [-0.4, -0.2) is 0 Å². The predicted octanol–water partition coefficient (Wildman–Crippen LogP) is 8.26. The first-order valence-corrected chi connectivity index (χ1v) is 9.99. The molecular weight excluding hydrogens is 395 g/mol. The van der Waals surface area contributed by atoms with Gasteiger partial charge in [-0.1, -0.05) is 42.5 Å². The van der Waals surface area contributed by atoms with Crippen molar-refractivity contribution in [1.29, 1.82) is 0 Å². The Kier molecular flexibility index (Phi) is 5.39. The van der Waals surface area contributed by atoms with Crippen LogP contribution < -0.4 is 0 Å². The average molecular weight is 416 g/mol. The molecule has 0 N–H and O–H groups in total. The zero-order chi connectivity index (χ0) is 21.5. The molecule has 3 aromatic rings. The summed E-state index contributed by atoms with van der Waals surface area (Å²) in [6.45, 7) is 3.87. The van der Waals surface area contributed by atoms with Gasteiger partial charge in [0.15, 0.2) is 0 Å². The third kappa shape index (κ3) is 3.85. The molecule has 1 saturated carbocycles. The Hall–Kier alpha value is -2.69. The van der Waals surface area contributed by atoms with Gasteiger partial charge in [-0.2, -0.15) is 13.2 Å². The molecule has 5 heteroatoms. The molecule has 156 valence electrons. The number of hydrogen-bond acceptors (Lipinski definition) is 0. The van der Waals surface area contributed by atoms with Crippen LogP contribution in [0.15, 0.2) is 61.2 Å². The molecule has 0 atom stereocenters. The molecule has 0 radical (unpaired) electrons. The van der Waals surface area contributed by atoms with Crippen LogP contribution in [0.25, 0.3) is 21.9 Å². The van der Waals surface area contributed by atoms with Gasteiger partial charge in [-0.3, -0.25) is 0 Å². The van der Waals surface area contributed by atoms with Gasteiger partial charge in [0.05, 0.1) is 5.56 Å². The van der Waals surface area contributed by atoms with E-state index in [4.69, 9.17) is 0 Å². The summed E-state index contributed by atoms with van der Waals surface area (Å²) in [6.07, 6.45) is 1.54. The van der Waals surface area contributed by atoms with Crippen LogP contribution in [0.4, 0.5) is 22.0 Å². The SMILES string of the molecule is C=C[C@H]1CC[C@H](c2ccc3c(F)c(-c4ccc(C(F)(F)F)c(F)c4)ccc3c2)CC1. The van der Waals surface area contributed by atoms with Gasteiger partial charge >= 0.3 is 6.18 Å². The van der Waals surface area contributed by atoms with Crippen LogP contribution in [-0.2, 0) is 6.18 Å². The standard InChI is InChI=1S/C25H21F5/c1-2-15-3-5-16(6-4-15)17-7-10-20-18(13-17)8-11-21(24(20)27)19-9-12-22(23(26)14-19)25(28,29)30/h2,7-16H,1,3-6H2/t15-,16-. The highest BCUT2D eigenvalue weighted by Gasteiger charge is 2.34. The van der Waals surface area contributed by atoms with Gasteiger partial charge in [-0.15, -0.1) is 6.58 Å². The summed E-state index contributed by atoms with van der Waals surface area (Å²) in [5, 5.41) is 1.10. The molecule has 0 unspecified atom stereocenters. The van der Waals surface area contributed by atoms with Gasteiger partial charge in [-0.25, -0.2) is 8.78 Å². The van der Waals surface area contributed by atoms with E-state index < -0.39 is 23.4 Å². The molecule has 0 nitrogen and oxygen atoms in total. The summed E-state index contributed by atoms with van der Waals surface area (Å²) in [6, 6.07) is 11.3. The summed E-state index contributed by atoms with van der Waals surface area (Å²) >= 11 is 0. The van der Waals surface area contributed by atoms with E-state index in [1.54, 1.807) is 12.1 Å². The molecule has 0 saturated heterocycles. The summed E-state index contributed by atoms with van der Waals surface area (Å²) in [5.74, 6) is -0.985. The first-order chi connectivity index (χ1) is 14.3. The topological polar surface area (TPSA) is 0 Å². The largest absolute Gasteiger partial charge is 0.419 e. The highest BCUT2D eigenvalue weighted by Crippen LogP contribution is 2.39. The monoisotopic (exact) mass is 416 g/mol. The molecule has 0 amide bonds. The molecule has 4 rings (SSSR count). The Morgan fingerprint density at radius 1 is 0.867 bits per heavy atom. The second kappa shape index (κ2) is 7.86. The van der Waals surface area contributed by atoms with Gasteiger partial charge in [0.25, 0.3) is 0 Å². The zero-order valence-electron chi connectivity index (χ0n) is 16.3. The Morgan fingerprint density at radius 3 is 2.23 bits per heavy atom. The number of fused-ring (bicyclic) bond motifs is 1. The minimum atomic E-state index is -4.79. The maximum Gasteiger partial charge on any atom is 0.419 e. The quantitative estimate of drug-likeness (QED) is 0.298. The molecular formula is C25H21F5. The lowest BCUT2D eigenvalue weighted by molar-refractivity contribution is -0.139. The third-order valence-corrected chi connectivity index (χ3v) is 6.14. The predicted molar refractivity (Wildman–Crippen MR) is 109 cm³/mol. The summed E-state index contributed by atoms with van der Waals surface area (Å²) in [4.78, 5) is 0. The zero-order valence-corrected chi connectivity index (χ0v) is 16.3. The molecule has 3 aromatic carbocycles. The summed E-state index contributed by atoms with van der Waals surface area (Å²) < 4.78 is 67.4. The fourth-order valence-electron chi connectivity index (χ4n) is 4.39. The van der Waals surface area contributed by atoms with Crippen molar-refractivity contribution in [2.24, 2.45) is 5.92 Å². The van der Waals surface area contributed by atoms with Gasteiger partial charge in [0.2, 0.25) is 0 Å².